The number of amides is 1. The molecule has 0 aliphatic heterocycles. The number of ether oxygens (including phenoxy) is 1. The largest absolute Gasteiger partial charge is 0.452 e. The van der Waals surface area contributed by atoms with Crippen LogP contribution in [0, 0.1) is 0 Å². The maximum absolute atomic E-state index is 12.1. The lowest BCUT2D eigenvalue weighted by Gasteiger charge is -2.06. The molecule has 1 N–H and O–H groups in total. The summed E-state index contributed by atoms with van der Waals surface area (Å²) < 4.78 is 33.0. The molecule has 29 heavy (non-hydrogen) atoms. The van der Waals surface area contributed by atoms with Gasteiger partial charge in [-0.15, -0.1) is 5.10 Å². The first-order chi connectivity index (χ1) is 13.8. The molecule has 3 rings (SSSR count). The maximum atomic E-state index is 12.1. The quantitative estimate of drug-likeness (QED) is 0.581. The summed E-state index contributed by atoms with van der Waals surface area (Å²) in [6, 6.07) is 14.9. The summed E-state index contributed by atoms with van der Waals surface area (Å²) in [5.41, 5.74) is 1.29. The highest BCUT2D eigenvalue weighted by molar-refractivity contribution is 7.89. The second-order valence-electron chi connectivity index (χ2n) is 6.17. The van der Waals surface area contributed by atoms with Crippen LogP contribution in [0.1, 0.15) is 15.9 Å². The third-order valence-corrected chi connectivity index (χ3v) is 4.48. The van der Waals surface area contributed by atoms with Gasteiger partial charge in [-0.25, -0.2) is 13.2 Å². The van der Waals surface area contributed by atoms with Crippen molar-refractivity contribution in [3.05, 3.63) is 65.7 Å². The topological polar surface area (TPSA) is 128 Å². The van der Waals surface area contributed by atoms with Crippen LogP contribution in [0.5, 0.6) is 0 Å². The van der Waals surface area contributed by atoms with Crippen LogP contribution in [0.25, 0.3) is 11.5 Å². The van der Waals surface area contributed by atoms with Gasteiger partial charge in [-0.1, -0.05) is 35.4 Å². The Balaban J connectivity index is 1.55. The first kappa shape index (κ1) is 20.2. The fraction of sp³-hybridized carbons (Fsp3) is 0.158. The molecule has 0 saturated heterocycles. The highest BCUT2D eigenvalue weighted by Gasteiger charge is 2.15. The SMILES string of the molecule is CS(=O)(=O)Cc1cccc(C(=O)OCC(=O)Nc2nnc(-c3ccccc3)o2)c1. The first-order valence-electron chi connectivity index (χ1n) is 8.43. The summed E-state index contributed by atoms with van der Waals surface area (Å²) in [4.78, 5) is 24.1. The summed E-state index contributed by atoms with van der Waals surface area (Å²) >= 11 is 0. The lowest BCUT2D eigenvalue weighted by atomic mass is 10.1. The summed E-state index contributed by atoms with van der Waals surface area (Å²) in [6.45, 7) is -0.571. The van der Waals surface area contributed by atoms with Crippen molar-refractivity contribution in [3.8, 4) is 11.5 Å². The number of hydrogen-bond acceptors (Lipinski definition) is 8. The Morgan fingerprint density at radius 2 is 1.83 bits per heavy atom. The van der Waals surface area contributed by atoms with E-state index in [1.165, 1.54) is 12.1 Å². The lowest BCUT2D eigenvalue weighted by molar-refractivity contribution is -0.119. The predicted molar refractivity (Wildman–Crippen MR) is 104 cm³/mol. The molecule has 0 unspecified atom stereocenters. The van der Waals surface area contributed by atoms with Crippen molar-refractivity contribution in [2.24, 2.45) is 0 Å². The number of carbonyl (C=O) groups is 2. The Labute approximate surface area is 166 Å². The minimum atomic E-state index is -3.24. The van der Waals surface area contributed by atoms with E-state index in [1.54, 1.807) is 24.3 Å². The number of sulfone groups is 1. The Morgan fingerprint density at radius 3 is 2.55 bits per heavy atom. The zero-order valence-corrected chi connectivity index (χ0v) is 16.2. The van der Waals surface area contributed by atoms with Crippen LogP contribution in [0.4, 0.5) is 6.01 Å². The molecule has 0 aliphatic rings. The van der Waals surface area contributed by atoms with E-state index in [9.17, 15) is 18.0 Å². The molecule has 0 aliphatic carbocycles. The van der Waals surface area contributed by atoms with Gasteiger partial charge in [0.1, 0.15) is 0 Å². The zero-order valence-electron chi connectivity index (χ0n) is 15.4. The number of aromatic nitrogens is 2. The Hall–Kier alpha value is -3.53. The molecule has 10 heteroatoms. The van der Waals surface area contributed by atoms with Crippen molar-refractivity contribution < 1.29 is 27.2 Å². The van der Waals surface area contributed by atoms with E-state index >= 15 is 0 Å². The van der Waals surface area contributed by atoms with E-state index in [0.29, 0.717) is 11.1 Å². The molecule has 3 aromatic rings. The highest BCUT2D eigenvalue weighted by atomic mass is 32.2. The number of rotatable bonds is 7. The number of carbonyl (C=O) groups excluding carboxylic acids is 2. The van der Waals surface area contributed by atoms with Crippen LogP contribution in [-0.2, 0) is 25.1 Å². The van der Waals surface area contributed by atoms with Gasteiger partial charge < -0.3 is 9.15 Å². The van der Waals surface area contributed by atoms with Crippen molar-refractivity contribution in [3.63, 3.8) is 0 Å². The molecule has 0 spiro atoms. The first-order valence-corrected chi connectivity index (χ1v) is 10.5. The van der Waals surface area contributed by atoms with Crippen LogP contribution >= 0.6 is 0 Å². The van der Waals surface area contributed by atoms with Gasteiger partial charge in [0.25, 0.3) is 5.91 Å². The van der Waals surface area contributed by atoms with Gasteiger partial charge in [0.15, 0.2) is 16.4 Å². The second kappa shape index (κ2) is 8.65. The normalized spacial score (nSPS) is 11.1. The molecule has 150 valence electrons. The number of nitrogens with one attached hydrogen (secondary N) is 1. The molecular formula is C19H17N3O6S. The van der Waals surface area contributed by atoms with Gasteiger partial charge in [0, 0.05) is 11.8 Å². The van der Waals surface area contributed by atoms with Crippen molar-refractivity contribution >= 4 is 27.7 Å². The van der Waals surface area contributed by atoms with Crippen molar-refractivity contribution in [1.82, 2.24) is 10.2 Å². The van der Waals surface area contributed by atoms with E-state index < -0.39 is 28.3 Å². The van der Waals surface area contributed by atoms with Gasteiger partial charge in [-0.3, -0.25) is 10.1 Å². The molecular weight excluding hydrogens is 398 g/mol. The molecule has 0 bridgehead atoms. The van der Waals surface area contributed by atoms with Crippen LogP contribution in [-0.4, -0.2) is 43.4 Å². The molecule has 1 aromatic heterocycles. The highest BCUT2D eigenvalue weighted by Crippen LogP contribution is 2.19. The molecule has 2 aromatic carbocycles. The zero-order chi connectivity index (χ0) is 20.9. The standard InChI is InChI=1S/C19H17N3O6S/c1-29(25,26)12-13-6-5-9-15(10-13)18(24)27-11-16(23)20-19-22-21-17(28-19)14-7-3-2-4-8-14/h2-10H,11-12H2,1H3,(H,20,22,23). The number of nitrogens with zero attached hydrogens (tertiary/aromatic N) is 2. The van der Waals surface area contributed by atoms with E-state index in [1.807, 2.05) is 18.2 Å². The second-order valence-corrected chi connectivity index (χ2v) is 8.31. The van der Waals surface area contributed by atoms with Gasteiger partial charge in [-0.05, 0) is 29.8 Å². The van der Waals surface area contributed by atoms with E-state index in [-0.39, 0.29) is 23.2 Å². The number of esters is 1. The lowest BCUT2D eigenvalue weighted by Crippen LogP contribution is -2.21. The molecule has 9 nitrogen and oxygen atoms in total. The number of hydrogen-bond donors (Lipinski definition) is 1. The van der Waals surface area contributed by atoms with Crippen molar-refractivity contribution in [1.29, 1.82) is 0 Å². The predicted octanol–water partition coefficient (Wildman–Crippen LogP) is 2.08. The molecule has 1 amide bonds. The third-order valence-electron chi connectivity index (χ3n) is 3.62. The van der Waals surface area contributed by atoms with E-state index in [4.69, 9.17) is 9.15 Å². The minimum absolute atomic E-state index is 0.125. The van der Waals surface area contributed by atoms with Crippen LogP contribution in [0.3, 0.4) is 0 Å². The molecule has 0 saturated carbocycles. The monoisotopic (exact) mass is 415 g/mol. The minimum Gasteiger partial charge on any atom is -0.452 e. The van der Waals surface area contributed by atoms with Crippen molar-refractivity contribution in [2.45, 2.75) is 5.75 Å². The smallest absolute Gasteiger partial charge is 0.338 e. The average molecular weight is 415 g/mol. The van der Waals surface area contributed by atoms with Crippen LogP contribution in [0.15, 0.2) is 59.0 Å². The van der Waals surface area contributed by atoms with Gasteiger partial charge in [0.2, 0.25) is 5.89 Å². The third kappa shape index (κ3) is 5.98. The van der Waals surface area contributed by atoms with Crippen molar-refractivity contribution in [2.75, 3.05) is 18.2 Å². The Morgan fingerprint density at radius 1 is 1.07 bits per heavy atom. The fourth-order valence-electron chi connectivity index (χ4n) is 2.43. The average Bonchev–Trinajstić information content (AvgIpc) is 3.14. The maximum Gasteiger partial charge on any atom is 0.338 e. The van der Waals surface area contributed by atoms with E-state index in [0.717, 1.165) is 6.26 Å². The molecule has 0 radical (unpaired) electrons. The van der Waals surface area contributed by atoms with Crippen LogP contribution in [0.2, 0.25) is 0 Å². The van der Waals surface area contributed by atoms with Gasteiger partial charge in [0.05, 0.1) is 11.3 Å². The molecule has 1 heterocycles. The Bertz CT molecular complexity index is 1130. The van der Waals surface area contributed by atoms with Crippen LogP contribution < -0.4 is 5.32 Å². The van der Waals surface area contributed by atoms with Gasteiger partial charge >= 0.3 is 12.0 Å². The number of benzene rings is 2. The summed E-state index contributed by atoms with van der Waals surface area (Å²) in [5, 5.41) is 9.90. The summed E-state index contributed by atoms with van der Waals surface area (Å²) in [6.07, 6.45) is 1.10. The molecule has 0 fully saturated rings. The number of anilines is 1. The summed E-state index contributed by atoms with van der Waals surface area (Å²) in [5.74, 6) is -1.38. The molecule has 0 atom stereocenters. The van der Waals surface area contributed by atoms with Gasteiger partial charge in [-0.2, -0.15) is 0 Å². The summed E-state index contributed by atoms with van der Waals surface area (Å²) in [7, 11) is -3.24. The Kier molecular flexibility index (Phi) is 6.03. The fourth-order valence-corrected chi connectivity index (χ4v) is 3.22. The van der Waals surface area contributed by atoms with E-state index in [2.05, 4.69) is 15.5 Å².